The van der Waals surface area contributed by atoms with Crippen molar-refractivity contribution in [2.45, 2.75) is 12.8 Å². The number of nitrogens with zero attached hydrogens (tertiary/aromatic N) is 2. The molecule has 0 unspecified atom stereocenters. The Bertz CT molecular complexity index is 825. The van der Waals surface area contributed by atoms with Crippen LogP contribution in [-0.4, -0.2) is 14.9 Å². The van der Waals surface area contributed by atoms with Gasteiger partial charge in [-0.3, -0.25) is 0 Å². The summed E-state index contributed by atoms with van der Waals surface area (Å²) < 4.78 is 39.3. The number of benzene rings is 2. The molecule has 114 valence electrons. The molecule has 1 N–H and O–H groups in total. The van der Waals surface area contributed by atoms with Crippen molar-refractivity contribution in [2.75, 3.05) is 0 Å². The fraction of sp³-hybridized carbons (Fsp3) is 0.133. The molecule has 0 amide bonds. The summed E-state index contributed by atoms with van der Waals surface area (Å²) in [5.74, 6) is 0. The van der Waals surface area contributed by atoms with Gasteiger partial charge >= 0.3 is 6.18 Å². The lowest BCUT2D eigenvalue weighted by molar-refractivity contribution is -0.137. The van der Waals surface area contributed by atoms with Gasteiger partial charge in [-0.15, -0.1) is 0 Å². The van der Waals surface area contributed by atoms with E-state index in [1.165, 1.54) is 16.8 Å². The topological polar surface area (TPSA) is 38.1 Å². The molecular formula is C15H10ClF3N2O. The largest absolute Gasteiger partial charge is 0.416 e. The van der Waals surface area contributed by atoms with E-state index in [4.69, 9.17) is 11.6 Å². The Morgan fingerprint density at radius 1 is 1.09 bits per heavy atom. The summed E-state index contributed by atoms with van der Waals surface area (Å²) in [6, 6.07) is 9.70. The van der Waals surface area contributed by atoms with Crippen molar-refractivity contribution in [3.8, 4) is 5.69 Å². The Morgan fingerprint density at radius 2 is 1.77 bits per heavy atom. The predicted molar refractivity (Wildman–Crippen MR) is 77.0 cm³/mol. The highest BCUT2D eigenvalue weighted by Crippen LogP contribution is 2.30. The molecule has 0 aliphatic rings. The van der Waals surface area contributed by atoms with Gasteiger partial charge in [0.1, 0.15) is 0 Å². The standard InChI is InChI=1S/C15H10ClF3N2O/c16-10-3-6-14-12(7-10)13(8-22)20-21(14)11-4-1-9(2-5-11)15(17,18)19/h1-7,22H,8H2. The van der Waals surface area contributed by atoms with Crippen molar-refractivity contribution in [2.24, 2.45) is 0 Å². The predicted octanol–water partition coefficient (Wildman–Crippen LogP) is 4.19. The van der Waals surface area contributed by atoms with Crippen LogP contribution in [0.15, 0.2) is 42.5 Å². The van der Waals surface area contributed by atoms with Crippen LogP contribution < -0.4 is 0 Å². The van der Waals surface area contributed by atoms with Crippen molar-refractivity contribution in [3.63, 3.8) is 0 Å². The van der Waals surface area contributed by atoms with E-state index in [1.807, 2.05) is 0 Å². The van der Waals surface area contributed by atoms with Crippen molar-refractivity contribution in [3.05, 3.63) is 58.7 Å². The van der Waals surface area contributed by atoms with Gasteiger partial charge in [0, 0.05) is 10.4 Å². The highest BCUT2D eigenvalue weighted by molar-refractivity contribution is 6.31. The van der Waals surface area contributed by atoms with Crippen LogP contribution in [0.1, 0.15) is 11.3 Å². The number of hydrogen-bond acceptors (Lipinski definition) is 2. The molecule has 3 nitrogen and oxygen atoms in total. The first-order valence-electron chi connectivity index (χ1n) is 6.36. The third-order valence-electron chi connectivity index (χ3n) is 3.31. The van der Waals surface area contributed by atoms with Gasteiger partial charge in [-0.2, -0.15) is 18.3 Å². The van der Waals surface area contributed by atoms with E-state index in [0.29, 0.717) is 27.3 Å². The van der Waals surface area contributed by atoms with Crippen LogP contribution in [0.25, 0.3) is 16.6 Å². The molecule has 1 heterocycles. The number of fused-ring (bicyclic) bond motifs is 1. The quantitative estimate of drug-likeness (QED) is 0.767. The highest BCUT2D eigenvalue weighted by atomic mass is 35.5. The van der Waals surface area contributed by atoms with E-state index in [9.17, 15) is 18.3 Å². The molecule has 0 aliphatic carbocycles. The Morgan fingerprint density at radius 3 is 2.36 bits per heavy atom. The second-order valence-electron chi connectivity index (χ2n) is 4.72. The Hall–Kier alpha value is -2.05. The van der Waals surface area contributed by atoms with E-state index in [0.717, 1.165) is 12.1 Å². The lowest BCUT2D eigenvalue weighted by Crippen LogP contribution is -2.05. The molecule has 0 radical (unpaired) electrons. The SMILES string of the molecule is OCc1nn(-c2ccc(C(F)(F)F)cc2)c2ccc(Cl)cc12. The van der Waals surface area contributed by atoms with Crippen molar-refractivity contribution < 1.29 is 18.3 Å². The summed E-state index contributed by atoms with van der Waals surface area (Å²) in [7, 11) is 0. The summed E-state index contributed by atoms with van der Waals surface area (Å²) in [6.45, 7) is -0.287. The van der Waals surface area contributed by atoms with E-state index >= 15 is 0 Å². The fourth-order valence-electron chi connectivity index (χ4n) is 2.26. The number of aliphatic hydroxyl groups is 1. The molecule has 3 aromatic rings. The monoisotopic (exact) mass is 326 g/mol. The van der Waals surface area contributed by atoms with Gasteiger partial charge in [-0.05, 0) is 42.5 Å². The molecule has 0 aliphatic heterocycles. The average Bonchev–Trinajstić information content (AvgIpc) is 2.84. The zero-order valence-electron chi connectivity index (χ0n) is 11.1. The first-order valence-corrected chi connectivity index (χ1v) is 6.73. The number of aromatic nitrogens is 2. The van der Waals surface area contributed by atoms with Gasteiger partial charge in [0.05, 0.1) is 29.1 Å². The molecule has 0 saturated carbocycles. The fourth-order valence-corrected chi connectivity index (χ4v) is 2.43. The highest BCUT2D eigenvalue weighted by Gasteiger charge is 2.30. The lowest BCUT2D eigenvalue weighted by atomic mass is 10.2. The number of halogens is 4. The molecule has 0 spiro atoms. The van der Waals surface area contributed by atoms with E-state index in [-0.39, 0.29) is 6.61 Å². The molecule has 0 atom stereocenters. The maximum Gasteiger partial charge on any atom is 0.416 e. The first-order chi connectivity index (χ1) is 10.4. The van der Waals surface area contributed by atoms with Gasteiger partial charge in [0.15, 0.2) is 0 Å². The maximum absolute atomic E-state index is 12.6. The van der Waals surface area contributed by atoms with Crippen LogP contribution in [0.3, 0.4) is 0 Å². The lowest BCUT2D eigenvalue weighted by Gasteiger charge is -2.08. The summed E-state index contributed by atoms with van der Waals surface area (Å²) in [4.78, 5) is 0. The van der Waals surface area contributed by atoms with Gasteiger partial charge in [-0.1, -0.05) is 11.6 Å². The average molecular weight is 327 g/mol. The molecule has 2 aromatic carbocycles. The van der Waals surface area contributed by atoms with Gasteiger partial charge in [0.25, 0.3) is 0 Å². The first kappa shape index (κ1) is 14.9. The molecule has 7 heteroatoms. The van der Waals surface area contributed by atoms with Crippen LogP contribution in [0.5, 0.6) is 0 Å². The number of alkyl halides is 3. The summed E-state index contributed by atoms with van der Waals surface area (Å²) in [5.41, 5.74) is 0.823. The molecule has 1 aromatic heterocycles. The van der Waals surface area contributed by atoms with Crippen molar-refractivity contribution in [1.29, 1.82) is 0 Å². The second-order valence-corrected chi connectivity index (χ2v) is 5.16. The smallest absolute Gasteiger partial charge is 0.390 e. The van der Waals surface area contributed by atoms with Gasteiger partial charge < -0.3 is 5.11 Å². The Labute approximate surface area is 128 Å². The van der Waals surface area contributed by atoms with Crippen molar-refractivity contribution in [1.82, 2.24) is 9.78 Å². The van der Waals surface area contributed by atoms with Crippen LogP contribution in [0.4, 0.5) is 13.2 Å². The van der Waals surface area contributed by atoms with Gasteiger partial charge in [0.2, 0.25) is 0 Å². The minimum atomic E-state index is -4.38. The normalized spacial score (nSPS) is 12.0. The van der Waals surface area contributed by atoms with E-state index in [1.54, 1.807) is 18.2 Å². The number of hydrogen-bond donors (Lipinski definition) is 1. The minimum absolute atomic E-state index is 0.287. The zero-order chi connectivity index (χ0) is 15.9. The molecular weight excluding hydrogens is 317 g/mol. The van der Waals surface area contributed by atoms with Crippen LogP contribution in [0.2, 0.25) is 5.02 Å². The third-order valence-corrected chi connectivity index (χ3v) is 3.54. The maximum atomic E-state index is 12.6. The second kappa shape index (κ2) is 5.30. The molecule has 3 rings (SSSR count). The zero-order valence-corrected chi connectivity index (χ0v) is 11.9. The van der Waals surface area contributed by atoms with E-state index < -0.39 is 11.7 Å². The summed E-state index contributed by atoms with van der Waals surface area (Å²) in [5, 5.41) is 14.8. The van der Waals surface area contributed by atoms with E-state index in [2.05, 4.69) is 5.10 Å². The summed E-state index contributed by atoms with van der Waals surface area (Å²) >= 11 is 5.93. The molecule has 0 fully saturated rings. The number of rotatable bonds is 2. The molecule has 0 bridgehead atoms. The Balaban J connectivity index is 2.14. The Kier molecular flexibility index (Phi) is 3.58. The van der Waals surface area contributed by atoms with Crippen molar-refractivity contribution >= 4 is 22.5 Å². The molecule has 22 heavy (non-hydrogen) atoms. The third kappa shape index (κ3) is 2.55. The van der Waals surface area contributed by atoms with Gasteiger partial charge in [-0.25, -0.2) is 4.68 Å². The summed E-state index contributed by atoms with van der Waals surface area (Å²) in [6.07, 6.45) is -4.38. The minimum Gasteiger partial charge on any atom is -0.390 e. The number of aliphatic hydroxyl groups excluding tert-OH is 1. The van der Waals surface area contributed by atoms with Crippen LogP contribution >= 0.6 is 11.6 Å². The molecule has 0 saturated heterocycles. The van der Waals surface area contributed by atoms with Crippen LogP contribution in [0, 0.1) is 0 Å². The van der Waals surface area contributed by atoms with Crippen LogP contribution in [-0.2, 0) is 12.8 Å².